The second-order valence-electron chi connectivity index (χ2n) is 10.7. The van der Waals surface area contributed by atoms with E-state index in [2.05, 4.69) is 19.6 Å². The molecule has 1 saturated heterocycles. The standard InChI is InChI=1S/C23H33NO6Si/c1-22(2,3)29-21(26)24-13-20(30-31(4,5)6)23(10-9-16(25)12-19(23)24)15-7-8-17-18(11-15)28-14-27-17/h7-8,11,19-20H,9-10,12-14H2,1-6H3/t19-,20-,23-/m0/s1. The summed E-state index contributed by atoms with van der Waals surface area (Å²) >= 11 is 0. The number of hydrogen-bond donors (Lipinski definition) is 0. The van der Waals surface area contributed by atoms with E-state index in [1.807, 2.05) is 39.0 Å². The van der Waals surface area contributed by atoms with Crippen LogP contribution in [0.25, 0.3) is 0 Å². The van der Waals surface area contributed by atoms with Gasteiger partial charge in [0.05, 0.1) is 18.7 Å². The average Bonchev–Trinajstić information content (AvgIpc) is 3.21. The molecule has 0 bridgehead atoms. The lowest BCUT2D eigenvalue weighted by Gasteiger charge is -2.45. The minimum atomic E-state index is -1.95. The summed E-state index contributed by atoms with van der Waals surface area (Å²) in [5.41, 5.74) is -0.0791. The molecule has 1 saturated carbocycles. The van der Waals surface area contributed by atoms with Crippen molar-refractivity contribution in [1.82, 2.24) is 4.90 Å². The van der Waals surface area contributed by atoms with Crippen molar-refractivity contribution >= 4 is 20.2 Å². The van der Waals surface area contributed by atoms with Gasteiger partial charge in [0.15, 0.2) is 19.8 Å². The summed E-state index contributed by atoms with van der Waals surface area (Å²) in [6.45, 7) is 12.6. The molecule has 2 heterocycles. The molecule has 1 aromatic carbocycles. The van der Waals surface area contributed by atoms with E-state index >= 15 is 0 Å². The van der Waals surface area contributed by atoms with Crippen molar-refractivity contribution in [3.63, 3.8) is 0 Å². The molecule has 2 aliphatic heterocycles. The Morgan fingerprint density at radius 2 is 1.90 bits per heavy atom. The van der Waals surface area contributed by atoms with E-state index < -0.39 is 19.3 Å². The highest BCUT2D eigenvalue weighted by Crippen LogP contribution is 2.52. The number of hydrogen-bond acceptors (Lipinski definition) is 6. The molecule has 2 fully saturated rings. The molecule has 8 heteroatoms. The second kappa shape index (κ2) is 7.51. The predicted octanol–water partition coefficient (Wildman–Crippen LogP) is 4.25. The van der Waals surface area contributed by atoms with E-state index in [4.69, 9.17) is 18.6 Å². The van der Waals surface area contributed by atoms with Gasteiger partial charge in [0, 0.05) is 18.3 Å². The molecular formula is C23H33NO6Si. The Balaban J connectivity index is 1.80. The number of ketones is 1. The Bertz CT molecular complexity index is 889. The third-order valence-electron chi connectivity index (χ3n) is 6.18. The summed E-state index contributed by atoms with van der Waals surface area (Å²) in [6, 6.07) is 5.65. The van der Waals surface area contributed by atoms with Crippen LogP contribution in [0.2, 0.25) is 19.6 Å². The number of fused-ring (bicyclic) bond motifs is 2. The van der Waals surface area contributed by atoms with Crippen molar-refractivity contribution in [1.29, 1.82) is 0 Å². The molecule has 0 aromatic heterocycles. The Morgan fingerprint density at radius 1 is 1.19 bits per heavy atom. The van der Waals surface area contributed by atoms with Gasteiger partial charge in [-0.1, -0.05) is 6.07 Å². The summed E-state index contributed by atoms with van der Waals surface area (Å²) in [5.74, 6) is 1.59. The van der Waals surface area contributed by atoms with Gasteiger partial charge >= 0.3 is 6.09 Å². The highest BCUT2D eigenvalue weighted by molar-refractivity contribution is 6.69. The van der Waals surface area contributed by atoms with Gasteiger partial charge in [-0.15, -0.1) is 0 Å². The van der Waals surface area contributed by atoms with Crippen LogP contribution in [-0.4, -0.2) is 56.2 Å². The fourth-order valence-corrected chi connectivity index (χ4v) is 6.18. The van der Waals surface area contributed by atoms with Crippen molar-refractivity contribution in [3.8, 4) is 11.5 Å². The Hall–Kier alpha value is -2.06. The van der Waals surface area contributed by atoms with Crippen molar-refractivity contribution < 1.29 is 28.2 Å². The molecule has 7 nitrogen and oxygen atoms in total. The highest BCUT2D eigenvalue weighted by Gasteiger charge is 2.60. The summed E-state index contributed by atoms with van der Waals surface area (Å²) in [4.78, 5) is 27.5. The molecule has 0 N–H and O–H groups in total. The third kappa shape index (κ3) is 4.19. The monoisotopic (exact) mass is 447 g/mol. The molecule has 3 atom stereocenters. The van der Waals surface area contributed by atoms with Gasteiger partial charge < -0.3 is 23.5 Å². The lowest BCUT2D eigenvalue weighted by Crippen LogP contribution is -2.54. The minimum absolute atomic E-state index is 0.170. The van der Waals surface area contributed by atoms with E-state index in [-0.39, 0.29) is 30.8 Å². The first-order chi connectivity index (χ1) is 14.4. The van der Waals surface area contributed by atoms with Crippen LogP contribution in [-0.2, 0) is 19.4 Å². The van der Waals surface area contributed by atoms with Gasteiger partial charge in [0.2, 0.25) is 6.79 Å². The topological polar surface area (TPSA) is 74.3 Å². The number of carbonyl (C=O) groups is 2. The normalized spacial score (nSPS) is 27.9. The minimum Gasteiger partial charge on any atom is -0.454 e. The molecule has 1 aromatic rings. The maximum absolute atomic E-state index is 13.2. The molecule has 1 aliphatic carbocycles. The Morgan fingerprint density at radius 3 is 2.58 bits per heavy atom. The quantitative estimate of drug-likeness (QED) is 0.645. The Kier molecular flexibility index (Phi) is 5.37. The number of nitrogens with zero attached hydrogens (tertiary/aromatic N) is 1. The zero-order valence-corrected chi connectivity index (χ0v) is 20.3. The van der Waals surface area contributed by atoms with E-state index in [1.165, 1.54) is 0 Å². The number of amides is 1. The number of carbonyl (C=O) groups excluding carboxylic acids is 2. The first-order valence-corrected chi connectivity index (χ1v) is 14.4. The molecule has 31 heavy (non-hydrogen) atoms. The summed E-state index contributed by atoms with van der Waals surface area (Å²) in [7, 11) is -1.95. The molecule has 1 amide bonds. The van der Waals surface area contributed by atoms with Crippen LogP contribution in [0.1, 0.15) is 45.6 Å². The Labute approximate surface area is 185 Å². The molecule has 170 valence electrons. The van der Waals surface area contributed by atoms with Crippen molar-refractivity contribution in [3.05, 3.63) is 23.8 Å². The van der Waals surface area contributed by atoms with Crippen LogP contribution >= 0.6 is 0 Å². The van der Waals surface area contributed by atoms with Crippen LogP contribution < -0.4 is 9.47 Å². The zero-order valence-electron chi connectivity index (χ0n) is 19.3. The summed E-state index contributed by atoms with van der Waals surface area (Å²) in [5, 5.41) is 0. The lowest BCUT2D eigenvalue weighted by atomic mass is 9.64. The summed E-state index contributed by atoms with van der Waals surface area (Å²) < 4.78 is 23.6. The zero-order chi connectivity index (χ0) is 22.6. The van der Waals surface area contributed by atoms with Crippen molar-refractivity contribution in [2.24, 2.45) is 0 Å². The number of likely N-dealkylation sites (tertiary alicyclic amines) is 1. The van der Waals surface area contributed by atoms with E-state index in [9.17, 15) is 9.59 Å². The van der Waals surface area contributed by atoms with Crippen molar-refractivity contribution in [2.75, 3.05) is 13.3 Å². The van der Waals surface area contributed by atoms with Gasteiger partial charge in [0.1, 0.15) is 11.4 Å². The predicted molar refractivity (Wildman–Crippen MR) is 118 cm³/mol. The number of rotatable bonds is 3. The lowest BCUT2D eigenvalue weighted by molar-refractivity contribution is -0.123. The van der Waals surface area contributed by atoms with Gasteiger partial charge in [-0.05, 0) is 64.5 Å². The fraction of sp³-hybridized carbons (Fsp3) is 0.652. The van der Waals surface area contributed by atoms with Gasteiger partial charge in [0.25, 0.3) is 0 Å². The summed E-state index contributed by atoms with van der Waals surface area (Å²) in [6.07, 6.45) is 0.798. The number of Topliss-reactive ketones (excluding diaryl/α,β-unsaturated/α-hetero) is 1. The molecular weight excluding hydrogens is 414 g/mol. The maximum Gasteiger partial charge on any atom is 0.410 e. The number of ether oxygens (including phenoxy) is 3. The first kappa shape index (κ1) is 22.1. The SMILES string of the molecule is CC(C)(C)OC(=O)N1C[C@H](O[Si](C)(C)C)[C@]2(c3ccc4c(c3)OCO4)CCC(=O)C[C@H]12. The fourth-order valence-electron chi connectivity index (χ4n) is 5.05. The smallest absolute Gasteiger partial charge is 0.410 e. The van der Waals surface area contributed by atoms with Gasteiger partial charge in [-0.25, -0.2) is 4.79 Å². The van der Waals surface area contributed by atoms with E-state index in [0.29, 0.717) is 37.3 Å². The van der Waals surface area contributed by atoms with Crippen LogP contribution in [0.3, 0.4) is 0 Å². The number of benzene rings is 1. The molecule has 0 spiro atoms. The van der Waals surface area contributed by atoms with Crippen LogP contribution in [0.4, 0.5) is 4.79 Å². The van der Waals surface area contributed by atoms with Crippen LogP contribution in [0.5, 0.6) is 11.5 Å². The highest BCUT2D eigenvalue weighted by atomic mass is 28.4. The van der Waals surface area contributed by atoms with E-state index in [0.717, 1.165) is 5.56 Å². The largest absolute Gasteiger partial charge is 0.454 e. The molecule has 0 unspecified atom stereocenters. The molecule has 4 rings (SSSR count). The molecule has 3 aliphatic rings. The first-order valence-electron chi connectivity index (χ1n) is 11.0. The average molecular weight is 448 g/mol. The van der Waals surface area contributed by atoms with E-state index in [1.54, 1.807) is 4.90 Å². The van der Waals surface area contributed by atoms with Crippen molar-refractivity contribution in [2.45, 2.75) is 82.8 Å². The van der Waals surface area contributed by atoms with Crippen LogP contribution in [0, 0.1) is 0 Å². The van der Waals surface area contributed by atoms with Gasteiger partial charge in [-0.3, -0.25) is 4.79 Å². The molecule has 0 radical (unpaired) electrons. The van der Waals surface area contributed by atoms with Gasteiger partial charge in [-0.2, -0.15) is 0 Å². The van der Waals surface area contributed by atoms with Crippen LogP contribution in [0.15, 0.2) is 18.2 Å². The maximum atomic E-state index is 13.2. The third-order valence-corrected chi connectivity index (χ3v) is 7.17. The second-order valence-corrected chi connectivity index (χ2v) is 15.2.